The Morgan fingerprint density at radius 2 is 2.00 bits per heavy atom. The third kappa shape index (κ3) is 3.98. The van der Waals surface area contributed by atoms with E-state index in [1.54, 1.807) is 17.1 Å². The zero-order valence-electron chi connectivity index (χ0n) is 13.4. The molecule has 0 fully saturated rings. The maximum atomic E-state index is 12.0. The van der Waals surface area contributed by atoms with Gasteiger partial charge in [0.1, 0.15) is 0 Å². The second kappa shape index (κ2) is 7.41. The zero-order valence-corrected chi connectivity index (χ0v) is 13.4. The molecule has 6 heteroatoms. The van der Waals surface area contributed by atoms with Gasteiger partial charge in [0.2, 0.25) is 0 Å². The van der Waals surface area contributed by atoms with Gasteiger partial charge in [0.15, 0.2) is 5.82 Å². The summed E-state index contributed by atoms with van der Waals surface area (Å²) in [5, 5.41) is 9.88. The lowest BCUT2D eigenvalue weighted by molar-refractivity contribution is 0.237. The first kappa shape index (κ1) is 15.7. The molecular weight excluding hydrogens is 302 g/mol. The van der Waals surface area contributed by atoms with Crippen LogP contribution < -0.4 is 10.6 Å². The molecule has 2 heterocycles. The molecule has 3 rings (SSSR count). The molecule has 0 spiro atoms. The van der Waals surface area contributed by atoms with Gasteiger partial charge in [-0.25, -0.2) is 14.5 Å². The highest BCUT2D eigenvalue weighted by atomic mass is 16.2. The smallest absolute Gasteiger partial charge is 0.315 e. The van der Waals surface area contributed by atoms with Gasteiger partial charge < -0.3 is 10.6 Å². The average molecular weight is 321 g/mol. The molecule has 0 saturated carbocycles. The molecule has 0 saturated heterocycles. The molecule has 0 aliphatic carbocycles. The molecule has 0 bridgehead atoms. The summed E-state index contributed by atoms with van der Waals surface area (Å²) in [4.78, 5) is 16.3. The van der Waals surface area contributed by atoms with Gasteiger partial charge in [-0.15, -0.1) is 0 Å². The summed E-state index contributed by atoms with van der Waals surface area (Å²) >= 11 is 0. The fourth-order valence-electron chi connectivity index (χ4n) is 2.32. The van der Waals surface area contributed by atoms with E-state index in [0.29, 0.717) is 6.54 Å². The Kier molecular flexibility index (Phi) is 4.86. The Morgan fingerprint density at radius 1 is 1.17 bits per heavy atom. The van der Waals surface area contributed by atoms with Crippen molar-refractivity contribution >= 4 is 6.03 Å². The van der Waals surface area contributed by atoms with Gasteiger partial charge in [0.05, 0.1) is 6.04 Å². The minimum absolute atomic E-state index is 0.0495. The molecule has 0 radical (unpaired) electrons. The summed E-state index contributed by atoms with van der Waals surface area (Å²) in [6, 6.07) is 15.2. The average Bonchev–Trinajstić information content (AvgIpc) is 3.16. The second-order valence-electron chi connectivity index (χ2n) is 5.43. The molecule has 1 aromatic carbocycles. The number of urea groups is 1. The van der Waals surface area contributed by atoms with Crippen LogP contribution in [0.3, 0.4) is 0 Å². The number of nitrogens with zero attached hydrogens (tertiary/aromatic N) is 3. The zero-order chi connectivity index (χ0) is 16.8. The number of hydrogen-bond acceptors (Lipinski definition) is 3. The third-order valence-electron chi connectivity index (χ3n) is 3.65. The van der Waals surface area contributed by atoms with Crippen molar-refractivity contribution in [1.82, 2.24) is 25.4 Å². The number of pyridine rings is 1. The summed E-state index contributed by atoms with van der Waals surface area (Å²) in [7, 11) is 0. The number of benzene rings is 1. The number of carbonyl (C=O) groups is 1. The van der Waals surface area contributed by atoms with Crippen molar-refractivity contribution < 1.29 is 4.79 Å². The Hall–Kier alpha value is -3.15. The maximum absolute atomic E-state index is 12.0. The van der Waals surface area contributed by atoms with Gasteiger partial charge in [0, 0.05) is 25.1 Å². The van der Waals surface area contributed by atoms with Crippen molar-refractivity contribution in [2.24, 2.45) is 0 Å². The first-order valence-corrected chi connectivity index (χ1v) is 7.76. The molecule has 2 aromatic heterocycles. The molecule has 0 aliphatic heterocycles. The van der Waals surface area contributed by atoms with Crippen molar-refractivity contribution in [3.05, 3.63) is 78.2 Å². The van der Waals surface area contributed by atoms with E-state index in [9.17, 15) is 4.79 Å². The standard InChI is InChI=1S/C18H19N5O/c1-14(16-6-3-2-4-7-16)22-18(24)20-13-15-8-9-17(19-12-15)23-11-5-10-21-23/h2-12,14H,13H2,1H3,(H2,20,22,24)/t14-/m0/s1. The lowest BCUT2D eigenvalue weighted by atomic mass is 10.1. The number of rotatable bonds is 5. The van der Waals surface area contributed by atoms with E-state index in [1.807, 2.05) is 61.7 Å². The summed E-state index contributed by atoms with van der Waals surface area (Å²) < 4.78 is 1.69. The van der Waals surface area contributed by atoms with Crippen LogP contribution in [0.2, 0.25) is 0 Å². The van der Waals surface area contributed by atoms with Crippen molar-refractivity contribution in [2.75, 3.05) is 0 Å². The predicted molar refractivity (Wildman–Crippen MR) is 91.6 cm³/mol. The van der Waals surface area contributed by atoms with Crippen LogP contribution in [0.1, 0.15) is 24.1 Å². The first-order chi connectivity index (χ1) is 11.7. The Balaban J connectivity index is 1.51. The lowest BCUT2D eigenvalue weighted by Crippen LogP contribution is -2.36. The van der Waals surface area contributed by atoms with Crippen LogP contribution in [0.15, 0.2) is 67.1 Å². The van der Waals surface area contributed by atoms with Crippen molar-refractivity contribution in [3.63, 3.8) is 0 Å². The largest absolute Gasteiger partial charge is 0.334 e. The van der Waals surface area contributed by atoms with Gasteiger partial charge in [-0.1, -0.05) is 36.4 Å². The van der Waals surface area contributed by atoms with Gasteiger partial charge in [-0.3, -0.25) is 0 Å². The molecule has 6 nitrogen and oxygen atoms in total. The fraction of sp³-hybridized carbons (Fsp3) is 0.167. The molecule has 0 aliphatic rings. The van der Waals surface area contributed by atoms with E-state index in [1.165, 1.54) is 0 Å². The van der Waals surface area contributed by atoms with Crippen LogP contribution in [0.25, 0.3) is 5.82 Å². The van der Waals surface area contributed by atoms with Crippen molar-refractivity contribution in [3.8, 4) is 5.82 Å². The summed E-state index contributed by atoms with van der Waals surface area (Å²) in [5.41, 5.74) is 1.99. The Labute approximate surface area is 140 Å². The van der Waals surface area contributed by atoms with E-state index in [4.69, 9.17) is 0 Å². The quantitative estimate of drug-likeness (QED) is 0.759. The van der Waals surface area contributed by atoms with E-state index in [-0.39, 0.29) is 12.1 Å². The van der Waals surface area contributed by atoms with Gasteiger partial charge in [-0.05, 0) is 30.2 Å². The molecule has 24 heavy (non-hydrogen) atoms. The van der Waals surface area contributed by atoms with E-state index < -0.39 is 0 Å². The van der Waals surface area contributed by atoms with Gasteiger partial charge in [-0.2, -0.15) is 5.10 Å². The highest BCUT2D eigenvalue weighted by Gasteiger charge is 2.08. The third-order valence-corrected chi connectivity index (χ3v) is 3.65. The normalized spacial score (nSPS) is 11.7. The van der Waals surface area contributed by atoms with Crippen LogP contribution in [0.5, 0.6) is 0 Å². The van der Waals surface area contributed by atoms with E-state index in [2.05, 4.69) is 20.7 Å². The number of amides is 2. The first-order valence-electron chi connectivity index (χ1n) is 7.76. The predicted octanol–water partition coefficient (Wildman–Crippen LogP) is 2.83. The monoisotopic (exact) mass is 321 g/mol. The minimum atomic E-state index is -0.206. The highest BCUT2D eigenvalue weighted by molar-refractivity contribution is 5.74. The maximum Gasteiger partial charge on any atom is 0.315 e. The van der Waals surface area contributed by atoms with Crippen LogP contribution in [-0.4, -0.2) is 20.8 Å². The second-order valence-corrected chi connectivity index (χ2v) is 5.43. The fourth-order valence-corrected chi connectivity index (χ4v) is 2.32. The molecule has 122 valence electrons. The number of carbonyl (C=O) groups excluding carboxylic acids is 1. The summed E-state index contributed by atoms with van der Waals surface area (Å²) in [5.74, 6) is 0.742. The molecule has 2 amide bonds. The van der Waals surface area contributed by atoms with Gasteiger partial charge in [0.25, 0.3) is 0 Å². The number of hydrogen-bond donors (Lipinski definition) is 2. The Morgan fingerprint density at radius 3 is 2.67 bits per heavy atom. The lowest BCUT2D eigenvalue weighted by Gasteiger charge is -2.15. The van der Waals surface area contributed by atoms with Crippen molar-refractivity contribution in [1.29, 1.82) is 0 Å². The van der Waals surface area contributed by atoms with E-state index in [0.717, 1.165) is 16.9 Å². The topological polar surface area (TPSA) is 71.8 Å². The van der Waals surface area contributed by atoms with Crippen LogP contribution in [0.4, 0.5) is 4.79 Å². The SMILES string of the molecule is C[C@H](NC(=O)NCc1ccc(-n2cccn2)nc1)c1ccccc1. The summed E-state index contributed by atoms with van der Waals surface area (Å²) in [6.07, 6.45) is 5.27. The molecule has 1 atom stereocenters. The van der Waals surface area contributed by atoms with Gasteiger partial charge >= 0.3 is 6.03 Å². The van der Waals surface area contributed by atoms with Crippen LogP contribution in [-0.2, 0) is 6.54 Å². The van der Waals surface area contributed by atoms with Crippen LogP contribution in [0, 0.1) is 0 Å². The Bertz CT molecular complexity index is 769. The number of nitrogens with one attached hydrogen (secondary N) is 2. The molecular formula is C18H19N5O. The summed E-state index contributed by atoms with van der Waals surface area (Å²) in [6.45, 7) is 2.37. The van der Waals surface area contributed by atoms with Crippen LogP contribution >= 0.6 is 0 Å². The van der Waals surface area contributed by atoms with E-state index >= 15 is 0 Å². The molecule has 2 N–H and O–H groups in total. The van der Waals surface area contributed by atoms with Crippen molar-refractivity contribution in [2.45, 2.75) is 19.5 Å². The highest BCUT2D eigenvalue weighted by Crippen LogP contribution is 2.10. The minimum Gasteiger partial charge on any atom is -0.334 e. The molecule has 0 unspecified atom stereocenters. The number of aromatic nitrogens is 3. The molecule has 3 aromatic rings.